The summed E-state index contributed by atoms with van der Waals surface area (Å²) in [5.41, 5.74) is 0.555. The predicted octanol–water partition coefficient (Wildman–Crippen LogP) is 3.85. The molecule has 0 saturated carbocycles. The minimum atomic E-state index is -0.0456. The number of morpholine rings is 1. The summed E-state index contributed by atoms with van der Waals surface area (Å²) < 4.78 is 6.37. The van der Waals surface area contributed by atoms with Crippen LogP contribution in [0.1, 0.15) is 24.2 Å². The van der Waals surface area contributed by atoms with Crippen LogP contribution in [0, 0.1) is 3.57 Å². The molecule has 0 aromatic heterocycles. The van der Waals surface area contributed by atoms with Gasteiger partial charge in [-0.1, -0.05) is 23.2 Å². The number of ether oxygens (including phenoxy) is 1. The summed E-state index contributed by atoms with van der Waals surface area (Å²) in [4.78, 5) is 14.4. The Kier molecular flexibility index (Phi) is 4.98. The van der Waals surface area contributed by atoms with Gasteiger partial charge in [0.2, 0.25) is 0 Å². The van der Waals surface area contributed by atoms with Crippen LogP contribution in [0.4, 0.5) is 0 Å². The van der Waals surface area contributed by atoms with Gasteiger partial charge in [0.1, 0.15) is 0 Å². The summed E-state index contributed by atoms with van der Waals surface area (Å²) in [5.74, 6) is -0.0456. The Morgan fingerprint density at radius 3 is 2.47 bits per heavy atom. The fraction of sp³-hybridized carbons (Fsp3) is 0.462. The molecule has 0 radical (unpaired) electrons. The Morgan fingerprint density at radius 2 is 1.89 bits per heavy atom. The number of hydrogen-bond acceptors (Lipinski definition) is 2. The van der Waals surface area contributed by atoms with Crippen LogP contribution >= 0.6 is 45.8 Å². The van der Waals surface area contributed by atoms with Crippen LogP contribution in [0.15, 0.2) is 12.1 Å². The average Bonchev–Trinajstić information content (AvgIpc) is 2.31. The van der Waals surface area contributed by atoms with E-state index in [0.717, 1.165) is 3.57 Å². The average molecular weight is 414 g/mol. The second-order valence-corrected chi connectivity index (χ2v) is 6.64. The molecule has 1 fully saturated rings. The third-order valence-electron chi connectivity index (χ3n) is 2.93. The number of hydrogen-bond donors (Lipinski definition) is 0. The van der Waals surface area contributed by atoms with Crippen LogP contribution in [0.2, 0.25) is 10.0 Å². The summed E-state index contributed by atoms with van der Waals surface area (Å²) >= 11 is 14.1. The van der Waals surface area contributed by atoms with Crippen molar-refractivity contribution < 1.29 is 9.53 Å². The number of carbonyl (C=O) groups is 1. The zero-order valence-corrected chi connectivity index (χ0v) is 14.3. The van der Waals surface area contributed by atoms with Crippen molar-refractivity contribution in [3.63, 3.8) is 0 Å². The van der Waals surface area contributed by atoms with Crippen molar-refractivity contribution in [2.75, 3.05) is 13.1 Å². The van der Waals surface area contributed by atoms with Crippen LogP contribution in [-0.2, 0) is 4.74 Å². The molecule has 19 heavy (non-hydrogen) atoms. The summed E-state index contributed by atoms with van der Waals surface area (Å²) in [6.07, 6.45) is 0.0834. The number of amides is 1. The molecule has 1 aromatic rings. The molecule has 1 amide bonds. The normalized spacial score (nSPS) is 23.5. The topological polar surface area (TPSA) is 29.5 Å². The van der Waals surface area contributed by atoms with Gasteiger partial charge in [-0.15, -0.1) is 0 Å². The minimum absolute atomic E-state index is 0.0417. The van der Waals surface area contributed by atoms with Crippen molar-refractivity contribution in [2.45, 2.75) is 26.1 Å². The second-order valence-electron chi connectivity index (χ2n) is 4.72. The van der Waals surface area contributed by atoms with E-state index in [0.29, 0.717) is 28.7 Å². The first-order chi connectivity index (χ1) is 8.88. The molecule has 2 unspecified atom stereocenters. The summed E-state index contributed by atoms with van der Waals surface area (Å²) in [6.45, 7) is 5.10. The van der Waals surface area contributed by atoms with E-state index >= 15 is 0 Å². The van der Waals surface area contributed by atoms with Crippen molar-refractivity contribution in [2.24, 2.45) is 0 Å². The number of nitrogens with zero attached hydrogens (tertiary/aromatic N) is 1. The highest BCUT2D eigenvalue weighted by Crippen LogP contribution is 2.28. The molecule has 104 valence electrons. The molecule has 0 bridgehead atoms. The maximum atomic E-state index is 12.6. The zero-order chi connectivity index (χ0) is 14.2. The molecule has 1 aliphatic heterocycles. The fourth-order valence-electron chi connectivity index (χ4n) is 2.23. The van der Waals surface area contributed by atoms with Gasteiger partial charge in [0, 0.05) is 21.7 Å². The van der Waals surface area contributed by atoms with Crippen LogP contribution in [-0.4, -0.2) is 36.1 Å². The van der Waals surface area contributed by atoms with Gasteiger partial charge in [0.15, 0.2) is 0 Å². The summed E-state index contributed by atoms with van der Waals surface area (Å²) in [6, 6.07) is 3.31. The first-order valence-corrected chi connectivity index (χ1v) is 7.81. The van der Waals surface area contributed by atoms with Gasteiger partial charge < -0.3 is 9.64 Å². The van der Waals surface area contributed by atoms with Gasteiger partial charge in [-0.3, -0.25) is 4.79 Å². The van der Waals surface area contributed by atoms with Crippen LogP contribution < -0.4 is 0 Å². The molecular weight excluding hydrogens is 400 g/mol. The quantitative estimate of drug-likeness (QED) is 0.517. The largest absolute Gasteiger partial charge is 0.372 e. The highest BCUT2D eigenvalue weighted by Gasteiger charge is 2.28. The van der Waals surface area contributed by atoms with Crippen molar-refractivity contribution in [1.29, 1.82) is 0 Å². The molecule has 0 aliphatic carbocycles. The van der Waals surface area contributed by atoms with Gasteiger partial charge in [-0.2, -0.15) is 0 Å². The van der Waals surface area contributed by atoms with Crippen molar-refractivity contribution in [3.8, 4) is 0 Å². The molecule has 1 aromatic carbocycles. The smallest absolute Gasteiger partial charge is 0.255 e. The van der Waals surface area contributed by atoms with E-state index in [1.807, 2.05) is 13.8 Å². The number of carbonyl (C=O) groups excluding carboxylic acids is 1. The maximum absolute atomic E-state index is 12.6. The SMILES string of the molecule is CC1CN(C(=O)c2cc(Cl)cc(Cl)c2I)CC(C)O1. The summed E-state index contributed by atoms with van der Waals surface area (Å²) in [5, 5.41) is 0.980. The lowest BCUT2D eigenvalue weighted by Crippen LogP contribution is -2.48. The Hall–Kier alpha value is -0.0400. The molecule has 1 aliphatic rings. The van der Waals surface area contributed by atoms with E-state index in [4.69, 9.17) is 27.9 Å². The van der Waals surface area contributed by atoms with Gasteiger partial charge in [0.25, 0.3) is 5.91 Å². The Labute approximate surface area is 136 Å². The minimum Gasteiger partial charge on any atom is -0.372 e. The van der Waals surface area contributed by atoms with Crippen molar-refractivity contribution >= 4 is 51.7 Å². The van der Waals surface area contributed by atoms with Crippen molar-refractivity contribution in [1.82, 2.24) is 4.90 Å². The van der Waals surface area contributed by atoms with Crippen LogP contribution in [0.5, 0.6) is 0 Å². The fourth-order valence-corrected chi connectivity index (χ4v) is 3.26. The van der Waals surface area contributed by atoms with Crippen molar-refractivity contribution in [3.05, 3.63) is 31.3 Å². The predicted molar refractivity (Wildman–Crippen MR) is 85.1 cm³/mol. The first kappa shape index (κ1) is 15.4. The van der Waals surface area contributed by atoms with Gasteiger partial charge in [-0.05, 0) is 48.6 Å². The summed E-state index contributed by atoms with van der Waals surface area (Å²) in [7, 11) is 0. The van der Waals surface area contributed by atoms with Crippen LogP contribution in [0.3, 0.4) is 0 Å². The zero-order valence-electron chi connectivity index (χ0n) is 10.6. The maximum Gasteiger partial charge on any atom is 0.255 e. The molecule has 0 spiro atoms. The van der Waals surface area contributed by atoms with E-state index < -0.39 is 0 Å². The van der Waals surface area contributed by atoms with E-state index in [1.54, 1.807) is 17.0 Å². The number of benzene rings is 1. The molecule has 6 heteroatoms. The Bertz CT molecular complexity index is 500. The molecule has 3 nitrogen and oxygen atoms in total. The lowest BCUT2D eigenvalue weighted by molar-refractivity contribution is -0.0586. The molecule has 2 atom stereocenters. The van der Waals surface area contributed by atoms with E-state index in [1.165, 1.54) is 0 Å². The van der Waals surface area contributed by atoms with E-state index in [2.05, 4.69) is 22.6 Å². The number of halogens is 3. The van der Waals surface area contributed by atoms with E-state index in [-0.39, 0.29) is 18.1 Å². The highest BCUT2D eigenvalue weighted by atomic mass is 127. The molecule has 1 saturated heterocycles. The molecule has 2 rings (SSSR count). The second kappa shape index (κ2) is 6.16. The Morgan fingerprint density at radius 1 is 1.32 bits per heavy atom. The lowest BCUT2D eigenvalue weighted by atomic mass is 10.1. The van der Waals surface area contributed by atoms with Gasteiger partial charge >= 0.3 is 0 Å². The van der Waals surface area contributed by atoms with E-state index in [9.17, 15) is 4.79 Å². The molecule has 0 N–H and O–H groups in total. The molecule has 1 heterocycles. The Balaban J connectivity index is 2.29. The third-order valence-corrected chi connectivity index (χ3v) is 4.93. The third kappa shape index (κ3) is 3.54. The van der Waals surface area contributed by atoms with Gasteiger partial charge in [0.05, 0.1) is 22.8 Å². The monoisotopic (exact) mass is 413 g/mol. The van der Waals surface area contributed by atoms with Gasteiger partial charge in [-0.25, -0.2) is 0 Å². The lowest BCUT2D eigenvalue weighted by Gasteiger charge is -2.35. The van der Waals surface area contributed by atoms with Crippen LogP contribution in [0.25, 0.3) is 0 Å². The standard InChI is InChI=1S/C13H14Cl2INO2/c1-7-5-17(6-8(2)19-7)13(18)10-3-9(14)4-11(15)12(10)16/h3-4,7-8H,5-6H2,1-2H3. The highest BCUT2D eigenvalue weighted by molar-refractivity contribution is 14.1. The number of rotatable bonds is 1. The molecular formula is C13H14Cl2INO2. The first-order valence-electron chi connectivity index (χ1n) is 5.97.